The highest BCUT2D eigenvalue weighted by Crippen LogP contribution is 2.37. The van der Waals surface area contributed by atoms with Crippen LogP contribution in [0.2, 0.25) is 0 Å². The first kappa shape index (κ1) is 13.2. The number of sulfone groups is 1. The van der Waals surface area contributed by atoms with Crippen LogP contribution in [-0.4, -0.2) is 59.6 Å². The lowest BCUT2D eigenvalue weighted by molar-refractivity contribution is -0.115. The Kier molecular flexibility index (Phi) is 3.70. The SMILES string of the molecule is CCN1C(=NC(=O)CCl)S[C@@H]2CS(=O)(=O)C[C@@H]21. The van der Waals surface area contributed by atoms with Crippen molar-refractivity contribution in [3.05, 3.63) is 0 Å². The standard InChI is InChI=1S/C9H13ClN2O3S2/c1-2-12-6-4-17(14,15)5-7(6)16-9(12)11-8(13)3-10/h6-7H,2-5H2,1H3/t6-,7+/m0/s1. The second kappa shape index (κ2) is 4.78. The smallest absolute Gasteiger partial charge is 0.262 e. The molecule has 0 unspecified atom stereocenters. The molecule has 1 amide bonds. The summed E-state index contributed by atoms with van der Waals surface area (Å²) in [5, 5.41) is 0.616. The number of carbonyl (C=O) groups is 1. The van der Waals surface area contributed by atoms with Crippen molar-refractivity contribution in [3.8, 4) is 0 Å². The van der Waals surface area contributed by atoms with Crippen molar-refractivity contribution < 1.29 is 13.2 Å². The van der Waals surface area contributed by atoms with Gasteiger partial charge in [-0.3, -0.25) is 4.79 Å². The Bertz CT molecular complexity index is 463. The Morgan fingerprint density at radius 1 is 1.59 bits per heavy atom. The summed E-state index contributed by atoms with van der Waals surface area (Å²) in [4.78, 5) is 17.0. The van der Waals surface area contributed by atoms with Crippen LogP contribution >= 0.6 is 23.4 Å². The highest BCUT2D eigenvalue weighted by atomic mass is 35.5. The maximum atomic E-state index is 11.5. The third-order valence-electron chi connectivity index (χ3n) is 2.85. The average molecular weight is 297 g/mol. The molecule has 0 bridgehead atoms. The Labute approximate surface area is 110 Å². The van der Waals surface area contributed by atoms with Crippen molar-refractivity contribution in [1.29, 1.82) is 0 Å². The van der Waals surface area contributed by atoms with Crippen LogP contribution < -0.4 is 0 Å². The van der Waals surface area contributed by atoms with E-state index in [4.69, 9.17) is 11.6 Å². The minimum atomic E-state index is -2.93. The van der Waals surface area contributed by atoms with E-state index in [0.717, 1.165) is 0 Å². The monoisotopic (exact) mass is 296 g/mol. The van der Waals surface area contributed by atoms with Gasteiger partial charge in [0, 0.05) is 11.8 Å². The zero-order valence-corrected chi connectivity index (χ0v) is 11.7. The minimum Gasteiger partial charge on any atom is -0.346 e. The molecule has 2 aliphatic heterocycles. The summed E-state index contributed by atoms with van der Waals surface area (Å²) in [5.41, 5.74) is 0. The molecule has 5 nitrogen and oxygen atoms in total. The van der Waals surface area contributed by atoms with Gasteiger partial charge < -0.3 is 4.90 Å². The Morgan fingerprint density at radius 3 is 2.88 bits per heavy atom. The lowest BCUT2D eigenvalue weighted by Gasteiger charge is -2.21. The van der Waals surface area contributed by atoms with E-state index in [1.807, 2.05) is 11.8 Å². The van der Waals surface area contributed by atoms with Crippen LogP contribution in [-0.2, 0) is 14.6 Å². The number of nitrogens with zero attached hydrogens (tertiary/aromatic N) is 2. The quantitative estimate of drug-likeness (QED) is 0.688. The number of thioether (sulfide) groups is 1. The fourth-order valence-corrected chi connectivity index (χ4v) is 6.23. The van der Waals surface area contributed by atoms with Gasteiger partial charge in [0.15, 0.2) is 15.0 Å². The van der Waals surface area contributed by atoms with Crippen molar-refractivity contribution in [2.75, 3.05) is 23.9 Å². The van der Waals surface area contributed by atoms with Crippen molar-refractivity contribution in [1.82, 2.24) is 4.90 Å². The van der Waals surface area contributed by atoms with Gasteiger partial charge in [0.25, 0.3) is 5.91 Å². The molecule has 0 saturated carbocycles. The van der Waals surface area contributed by atoms with E-state index in [0.29, 0.717) is 11.7 Å². The van der Waals surface area contributed by atoms with Gasteiger partial charge in [-0.25, -0.2) is 8.42 Å². The molecule has 0 radical (unpaired) electrons. The predicted molar refractivity (Wildman–Crippen MR) is 69.4 cm³/mol. The summed E-state index contributed by atoms with van der Waals surface area (Å²) in [6, 6.07) is -0.0446. The first-order chi connectivity index (χ1) is 7.96. The number of alkyl halides is 1. The molecule has 0 aromatic heterocycles. The van der Waals surface area contributed by atoms with Gasteiger partial charge in [0.2, 0.25) is 0 Å². The molecule has 2 atom stereocenters. The van der Waals surface area contributed by atoms with E-state index in [1.54, 1.807) is 0 Å². The largest absolute Gasteiger partial charge is 0.346 e. The average Bonchev–Trinajstić information content (AvgIpc) is 2.68. The third-order valence-corrected chi connectivity index (χ3v) is 6.33. The summed E-state index contributed by atoms with van der Waals surface area (Å²) >= 11 is 6.78. The lowest BCUT2D eigenvalue weighted by atomic mass is 10.2. The summed E-state index contributed by atoms with van der Waals surface area (Å²) in [7, 11) is -2.93. The lowest BCUT2D eigenvalue weighted by Crippen LogP contribution is -2.37. The molecule has 8 heteroatoms. The molecule has 0 N–H and O–H groups in total. The van der Waals surface area contributed by atoms with E-state index in [-0.39, 0.29) is 34.6 Å². The molecular formula is C9H13ClN2O3S2. The van der Waals surface area contributed by atoms with Gasteiger partial charge in [-0.1, -0.05) is 11.8 Å². The summed E-state index contributed by atoms with van der Waals surface area (Å²) in [6.45, 7) is 2.58. The normalized spacial score (nSPS) is 33.1. The van der Waals surface area contributed by atoms with E-state index in [1.165, 1.54) is 11.8 Å². The summed E-state index contributed by atoms with van der Waals surface area (Å²) in [5.74, 6) is -0.190. The van der Waals surface area contributed by atoms with Gasteiger partial charge in [-0.15, -0.1) is 11.6 Å². The topological polar surface area (TPSA) is 66.8 Å². The van der Waals surface area contributed by atoms with Crippen LogP contribution in [0.4, 0.5) is 0 Å². The second-order valence-electron chi connectivity index (χ2n) is 4.01. The van der Waals surface area contributed by atoms with E-state index < -0.39 is 9.84 Å². The fraction of sp³-hybridized carbons (Fsp3) is 0.778. The molecule has 2 aliphatic rings. The molecule has 2 saturated heterocycles. The number of rotatable bonds is 2. The number of amidine groups is 1. The molecule has 17 heavy (non-hydrogen) atoms. The predicted octanol–water partition coefficient (Wildman–Crippen LogP) is 0.342. The zero-order chi connectivity index (χ0) is 12.6. The number of fused-ring (bicyclic) bond motifs is 1. The molecular weight excluding hydrogens is 284 g/mol. The van der Waals surface area contributed by atoms with E-state index in [2.05, 4.69) is 4.99 Å². The van der Waals surface area contributed by atoms with Gasteiger partial charge >= 0.3 is 0 Å². The molecule has 0 aromatic carbocycles. The van der Waals surface area contributed by atoms with Crippen LogP contribution in [0.5, 0.6) is 0 Å². The molecule has 0 aliphatic carbocycles. The van der Waals surface area contributed by atoms with Crippen LogP contribution in [0.1, 0.15) is 6.92 Å². The van der Waals surface area contributed by atoms with Crippen LogP contribution in [0.3, 0.4) is 0 Å². The molecule has 2 heterocycles. The molecule has 2 rings (SSSR count). The van der Waals surface area contributed by atoms with Gasteiger partial charge in [-0.2, -0.15) is 4.99 Å². The highest BCUT2D eigenvalue weighted by Gasteiger charge is 2.48. The van der Waals surface area contributed by atoms with Crippen molar-refractivity contribution in [2.45, 2.75) is 18.2 Å². The number of hydrogen-bond acceptors (Lipinski definition) is 4. The Hall–Kier alpha value is -0.270. The van der Waals surface area contributed by atoms with Gasteiger partial charge in [0.1, 0.15) is 5.88 Å². The van der Waals surface area contributed by atoms with Crippen LogP contribution in [0.25, 0.3) is 0 Å². The molecule has 0 spiro atoms. The minimum absolute atomic E-state index is 0.00169. The van der Waals surface area contributed by atoms with Crippen molar-refractivity contribution >= 4 is 44.3 Å². The Morgan fingerprint density at radius 2 is 2.29 bits per heavy atom. The van der Waals surface area contributed by atoms with Crippen LogP contribution in [0, 0.1) is 0 Å². The maximum absolute atomic E-state index is 11.5. The molecule has 2 fully saturated rings. The zero-order valence-electron chi connectivity index (χ0n) is 9.30. The molecule has 0 aromatic rings. The first-order valence-electron chi connectivity index (χ1n) is 5.28. The number of amides is 1. The number of carbonyl (C=O) groups excluding carboxylic acids is 1. The van der Waals surface area contributed by atoms with Crippen molar-refractivity contribution in [2.24, 2.45) is 4.99 Å². The van der Waals surface area contributed by atoms with Crippen molar-refractivity contribution in [3.63, 3.8) is 0 Å². The van der Waals surface area contributed by atoms with Gasteiger partial charge in [-0.05, 0) is 6.92 Å². The third kappa shape index (κ3) is 2.61. The number of halogens is 1. The van der Waals surface area contributed by atoms with E-state index >= 15 is 0 Å². The molecule has 96 valence electrons. The van der Waals surface area contributed by atoms with E-state index in [9.17, 15) is 13.2 Å². The fourth-order valence-electron chi connectivity index (χ4n) is 2.14. The maximum Gasteiger partial charge on any atom is 0.262 e. The summed E-state index contributed by atoms with van der Waals surface area (Å²) < 4.78 is 23.0. The highest BCUT2D eigenvalue weighted by molar-refractivity contribution is 8.15. The number of hydrogen-bond donors (Lipinski definition) is 0. The first-order valence-corrected chi connectivity index (χ1v) is 8.51. The second-order valence-corrected chi connectivity index (χ2v) is 7.64. The Balaban J connectivity index is 2.22. The van der Waals surface area contributed by atoms with Crippen LogP contribution in [0.15, 0.2) is 4.99 Å². The summed E-state index contributed by atoms with van der Waals surface area (Å²) in [6.07, 6.45) is 0. The number of aliphatic imine (C=N–C) groups is 1. The van der Waals surface area contributed by atoms with Gasteiger partial charge in [0.05, 0.1) is 17.5 Å².